The van der Waals surface area contributed by atoms with Gasteiger partial charge in [-0.15, -0.1) is 10.2 Å². The lowest BCUT2D eigenvalue weighted by Crippen LogP contribution is -2.45. The van der Waals surface area contributed by atoms with Gasteiger partial charge in [0.15, 0.2) is 0 Å². The van der Waals surface area contributed by atoms with E-state index in [1.54, 1.807) is 4.90 Å². The van der Waals surface area contributed by atoms with Crippen LogP contribution in [0.2, 0.25) is 0 Å². The molecule has 1 unspecified atom stereocenters. The average Bonchev–Trinajstić information content (AvgIpc) is 3.16. The predicted molar refractivity (Wildman–Crippen MR) is 73.4 cm³/mol. The average molecular weight is 368 g/mol. The maximum absolute atomic E-state index is 13.2. The molecule has 2 fully saturated rings. The largest absolute Gasteiger partial charge is 0.470 e. The van der Waals surface area contributed by atoms with Gasteiger partial charge in [0.1, 0.15) is 0 Å². The van der Waals surface area contributed by atoms with Crippen molar-refractivity contribution in [1.29, 1.82) is 0 Å². The Hall–Kier alpha value is -1.78. The van der Waals surface area contributed by atoms with Gasteiger partial charge in [0, 0.05) is 32.5 Å². The molecule has 3 heterocycles. The van der Waals surface area contributed by atoms with Crippen molar-refractivity contribution in [3.63, 3.8) is 0 Å². The topological polar surface area (TPSA) is 62.5 Å². The van der Waals surface area contributed by atoms with Crippen molar-refractivity contribution in [2.75, 3.05) is 26.2 Å². The van der Waals surface area contributed by atoms with E-state index in [2.05, 4.69) is 14.6 Å². The van der Waals surface area contributed by atoms with E-state index < -0.39 is 18.0 Å². The highest BCUT2D eigenvalue weighted by Gasteiger charge is 2.40. The molecule has 0 saturated carbocycles. The van der Waals surface area contributed by atoms with Gasteiger partial charge in [-0.2, -0.15) is 13.2 Å². The number of hydrogen-bond acceptors (Lipinski definition) is 5. The van der Waals surface area contributed by atoms with Crippen molar-refractivity contribution < 1.29 is 31.2 Å². The van der Waals surface area contributed by atoms with Crippen LogP contribution in [0.5, 0.6) is 0 Å². The second-order valence-electron chi connectivity index (χ2n) is 6.40. The molecule has 1 aromatic rings. The number of nitrogens with zero attached hydrogens (tertiary/aromatic N) is 4. The van der Waals surface area contributed by atoms with Gasteiger partial charge in [-0.05, 0) is 13.0 Å². The summed E-state index contributed by atoms with van der Waals surface area (Å²) in [5.74, 6) is -4.81. The maximum atomic E-state index is 13.2. The van der Waals surface area contributed by atoms with Crippen LogP contribution in [0, 0.1) is 5.92 Å². The van der Waals surface area contributed by atoms with Gasteiger partial charge in [-0.1, -0.05) is 0 Å². The third-order valence-corrected chi connectivity index (χ3v) is 4.50. The zero-order valence-electron chi connectivity index (χ0n) is 13.2. The highest BCUT2D eigenvalue weighted by atomic mass is 19.4. The first-order valence-electron chi connectivity index (χ1n) is 7.93. The third kappa shape index (κ3) is 4.25. The van der Waals surface area contributed by atoms with Gasteiger partial charge in [-0.3, -0.25) is 9.69 Å². The Kier molecular flexibility index (Phi) is 4.69. The smallest absolute Gasteiger partial charge is 0.416 e. The fourth-order valence-corrected chi connectivity index (χ4v) is 3.11. The van der Waals surface area contributed by atoms with Crippen LogP contribution in [-0.4, -0.2) is 58.0 Å². The molecule has 0 spiro atoms. The predicted octanol–water partition coefficient (Wildman–Crippen LogP) is 2.17. The molecule has 0 aliphatic carbocycles. The van der Waals surface area contributed by atoms with Gasteiger partial charge < -0.3 is 9.32 Å². The van der Waals surface area contributed by atoms with Crippen LogP contribution in [0.15, 0.2) is 4.42 Å². The molecule has 11 heteroatoms. The summed E-state index contributed by atoms with van der Waals surface area (Å²) < 4.78 is 68.2. The van der Waals surface area contributed by atoms with Crippen LogP contribution in [0.3, 0.4) is 0 Å². The van der Waals surface area contributed by atoms with Crippen LogP contribution in [0.1, 0.15) is 31.0 Å². The number of hydrogen-bond donors (Lipinski definition) is 0. The number of piperidine rings is 1. The number of carbonyl (C=O) groups excluding carboxylic acids is 1. The highest BCUT2D eigenvalue weighted by molar-refractivity contribution is 5.79. The van der Waals surface area contributed by atoms with Crippen LogP contribution in [-0.2, 0) is 17.5 Å². The monoisotopic (exact) mass is 368 g/mol. The first kappa shape index (κ1) is 18.0. The number of amides is 1. The van der Waals surface area contributed by atoms with Crippen molar-refractivity contribution >= 4 is 5.91 Å². The maximum Gasteiger partial charge on any atom is 0.470 e. The zero-order valence-corrected chi connectivity index (χ0v) is 13.2. The van der Waals surface area contributed by atoms with E-state index in [1.807, 2.05) is 0 Å². The minimum atomic E-state index is -4.69. The van der Waals surface area contributed by atoms with E-state index in [1.165, 1.54) is 4.90 Å². The van der Waals surface area contributed by atoms with Gasteiger partial charge >= 0.3 is 12.1 Å². The van der Waals surface area contributed by atoms with Crippen molar-refractivity contribution in [3.05, 3.63) is 11.8 Å². The number of rotatable bonds is 3. The lowest BCUT2D eigenvalue weighted by atomic mass is 10.0. The molecule has 1 atom stereocenters. The molecular formula is C14H17F5N4O2. The molecule has 2 aliphatic heterocycles. The Morgan fingerprint density at radius 1 is 1.20 bits per heavy atom. The Balaban J connectivity index is 1.52. The van der Waals surface area contributed by atoms with Crippen molar-refractivity contribution in [3.8, 4) is 0 Å². The SMILES string of the molecule is O=C(C1CCN(Cc2nnc(C(F)(F)F)o2)C1)N1CCC(F)(F)CC1. The second-order valence-corrected chi connectivity index (χ2v) is 6.40. The Bertz CT molecular complexity index is 623. The summed E-state index contributed by atoms with van der Waals surface area (Å²) >= 11 is 0. The summed E-state index contributed by atoms with van der Waals surface area (Å²) in [6, 6.07) is 0. The number of halogens is 5. The number of carbonyl (C=O) groups is 1. The van der Waals surface area contributed by atoms with Gasteiger partial charge in [-0.25, -0.2) is 8.78 Å². The van der Waals surface area contributed by atoms with E-state index in [0.717, 1.165) is 0 Å². The van der Waals surface area contributed by atoms with E-state index in [0.29, 0.717) is 19.5 Å². The van der Waals surface area contributed by atoms with E-state index in [-0.39, 0.29) is 50.2 Å². The molecule has 140 valence electrons. The molecule has 0 aromatic carbocycles. The Morgan fingerprint density at radius 3 is 2.48 bits per heavy atom. The minimum absolute atomic E-state index is 0.0188. The molecule has 2 aliphatic rings. The Morgan fingerprint density at radius 2 is 1.88 bits per heavy atom. The lowest BCUT2D eigenvalue weighted by Gasteiger charge is -2.33. The Labute approximate surface area is 140 Å². The van der Waals surface area contributed by atoms with E-state index >= 15 is 0 Å². The van der Waals surface area contributed by atoms with Gasteiger partial charge in [0.2, 0.25) is 11.8 Å². The minimum Gasteiger partial charge on any atom is -0.416 e. The molecule has 1 aromatic heterocycles. The van der Waals surface area contributed by atoms with Crippen LogP contribution < -0.4 is 0 Å². The fourth-order valence-electron chi connectivity index (χ4n) is 3.11. The molecule has 1 amide bonds. The van der Waals surface area contributed by atoms with Gasteiger partial charge in [0.25, 0.3) is 5.92 Å². The highest BCUT2D eigenvalue weighted by Crippen LogP contribution is 2.30. The normalized spacial score (nSPS) is 24.7. The van der Waals surface area contributed by atoms with Gasteiger partial charge in [0.05, 0.1) is 12.5 Å². The number of likely N-dealkylation sites (tertiary alicyclic amines) is 2. The molecule has 3 rings (SSSR count). The summed E-state index contributed by atoms with van der Waals surface area (Å²) in [4.78, 5) is 15.6. The first-order chi connectivity index (χ1) is 11.6. The summed E-state index contributed by atoms with van der Waals surface area (Å²) in [5.41, 5.74) is 0. The molecule has 0 radical (unpaired) electrons. The first-order valence-corrected chi connectivity index (χ1v) is 7.93. The summed E-state index contributed by atoms with van der Waals surface area (Å²) in [5, 5.41) is 6.32. The fraction of sp³-hybridized carbons (Fsp3) is 0.786. The van der Waals surface area contributed by atoms with Crippen molar-refractivity contribution in [2.45, 2.75) is 37.9 Å². The summed E-state index contributed by atoms with van der Waals surface area (Å²) in [6.45, 7) is 0.895. The molecular weight excluding hydrogens is 351 g/mol. The zero-order chi connectivity index (χ0) is 18.2. The molecule has 2 saturated heterocycles. The van der Waals surface area contributed by atoms with Crippen molar-refractivity contribution in [1.82, 2.24) is 20.0 Å². The van der Waals surface area contributed by atoms with Crippen molar-refractivity contribution in [2.24, 2.45) is 5.92 Å². The summed E-state index contributed by atoms with van der Waals surface area (Å²) in [6.07, 6.45) is -4.84. The molecule has 0 N–H and O–H groups in total. The third-order valence-electron chi connectivity index (χ3n) is 4.50. The lowest BCUT2D eigenvalue weighted by molar-refractivity contribution is -0.157. The molecule has 6 nitrogen and oxygen atoms in total. The summed E-state index contributed by atoms with van der Waals surface area (Å²) in [7, 11) is 0. The van der Waals surface area contributed by atoms with Crippen LogP contribution in [0.4, 0.5) is 22.0 Å². The number of alkyl halides is 5. The molecule has 0 bridgehead atoms. The van der Waals surface area contributed by atoms with Crippen LogP contribution >= 0.6 is 0 Å². The standard InChI is InChI=1S/C14H17F5N4O2/c15-13(16)2-5-23(6-3-13)11(24)9-1-4-22(7-9)8-10-20-21-12(25-10)14(17,18)19/h9H,1-8H2. The van der Waals surface area contributed by atoms with E-state index in [9.17, 15) is 26.7 Å². The quantitative estimate of drug-likeness (QED) is 0.766. The second kappa shape index (κ2) is 6.50. The van der Waals surface area contributed by atoms with Crippen LogP contribution in [0.25, 0.3) is 0 Å². The molecule has 25 heavy (non-hydrogen) atoms. The van der Waals surface area contributed by atoms with E-state index in [4.69, 9.17) is 0 Å². The number of aromatic nitrogens is 2.